The van der Waals surface area contributed by atoms with Crippen molar-refractivity contribution in [3.63, 3.8) is 0 Å². The summed E-state index contributed by atoms with van der Waals surface area (Å²) in [5, 5.41) is 19.0. The van der Waals surface area contributed by atoms with Crippen LogP contribution in [-0.4, -0.2) is 29.9 Å². The number of hydrogen-bond acceptors (Lipinski definition) is 5. The molecule has 1 unspecified atom stereocenters. The van der Waals surface area contributed by atoms with E-state index in [0.717, 1.165) is 0 Å². The van der Waals surface area contributed by atoms with Gasteiger partial charge < -0.3 is 19.7 Å². The molecule has 2 N–H and O–H groups in total. The van der Waals surface area contributed by atoms with Crippen LogP contribution in [0.4, 0.5) is 0 Å². The lowest BCUT2D eigenvalue weighted by atomic mass is 10.1. The van der Waals surface area contributed by atoms with Gasteiger partial charge in [0.15, 0.2) is 6.10 Å². The summed E-state index contributed by atoms with van der Waals surface area (Å²) < 4.78 is 9.64. The van der Waals surface area contributed by atoms with Gasteiger partial charge in [-0.25, -0.2) is 4.79 Å². The molecule has 88 valence electrons. The van der Waals surface area contributed by atoms with Crippen molar-refractivity contribution in [3.8, 4) is 11.5 Å². The van der Waals surface area contributed by atoms with Crippen LogP contribution in [0.1, 0.15) is 18.6 Å². The van der Waals surface area contributed by atoms with Crippen molar-refractivity contribution in [2.24, 2.45) is 0 Å². The second-order valence-electron chi connectivity index (χ2n) is 3.08. The summed E-state index contributed by atoms with van der Waals surface area (Å²) in [4.78, 5) is 11.3. The van der Waals surface area contributed by atoms with E-state index in [1.165, 1.54) is 25.3 Å². The van der Waals surface area contributed by atoms with E-state index in [2.05, 4.69) is 4.74 Å². The number of rotatable bonds is 4. The number of benzene rings is 1. The van der Waals surface area contributed by atoms with Gasteiger partial charge in [0, 0.05) is 5.56 Å². The second-order valence-corrected chi connectivity index (χ2v) is 3.08. The number of methoxy groups -OCH3 is 1. The summed E-state index contributed by atoms with van der Waals surface area (Å²) in [5.41, 5.74) is 0.181. The van der Waals surface area contributed by atoms with Crippen molar-refractivity contribution in [2.45, 2.75) is 13.0 Å². The Bertz CT molecular complexity index is 375. The first-order chi connectivity index (χ1) is 7.60. The molecule has 0 aliphatic carbocycles. The molecule has 0 amide bonds. The van der Waals surface area contributed by atoms with Crippen LogP contribution in [0.15, 0.2) is 18.2 Å². The summed E-state index contributed by atoms with van der Waals surface area (Å²) in [6.07, 6.45) is -1.46. The van der Waals surface area contributed by atoms with Gasteiger partial charge in [-0.3, -0.25) is 0 Å². The fourth-order valence-electron chi connectivity index (χ4n) is 1.28. The Kier molecular flexibility index (Phi) is 4.13. The largest absolute Gasteiger partial charge is 0.508 e. The lowest BCUT2D eigenvalue weighted by Gasteiger charge is -2.13. The van der Waals surface area contributed by atoms with E-state index >= 15 is 0 Å². The molecule has 1 rings (SSSR count). The zero-order chi connectivity index (χ0) is 12.1. The van der Waals surface area contributed by atoms with Gasteiger partial charge in [-0.1, -0.05) is 0 Å². The lowest BCUT2D eigenvalue weighted by molar-refractivity contribution is -0.153. The van der Waals surface area contributed by atoms with Gasteiger partial charge in [0.25, 0.3) is 0 Å². The van der Waals surface area contributed by atoms with Crippen LogP contribution < -0.4 is 4.74 Å². The molecule has 5 nitrogen and oxygen atoms in total. The SMILES string of the molecule is CCOC(=O)C(O)c1cc(O)ccc1OC. The summed E-state index contributed by atoms with van der Waals surface area (Å²) in [5.74, 6) is -0.510. The summed E-state index contributed by atoms with van der Waals surface area (Å²) in [6, 6.07) is 4.13. The van der Waals surface area contributed by atoms with Gasteiger partial charge >= 0.3 is 5.97 Å². The Morgan fingerprint density at radius 2 is 2.19 bits per heavy atom. The smallest absolute Gasteiger partial charge is 0.339 e. The van der Waals surface area contributed by atoms with Crippen molar-refractivity contribution in [3.05, 3.63) is 23.8 Å². The van der Waals surface area contributed by atoms with Gasteiger partial charge in [-0.2, -0.15) is 0 Å². The van der Waals surface area contributed by atoms with Crippen LogP contribution in [0.25, 0.3) is 0 Å². The average molecular weight is 226 g/mol. The molecule has 16 heavy (non-hydrogen) atoms. The Hall–Kier alpha value is -1.75. The maximum absolute atomic E-state index is 11.3. The van der Waals surface area contributed by atoms with Crippen LogP contribution in [0, 0.1) is 0 Å². The molecule has 1 atom stereocenters. The third kappa shape index (κ3) is 2.64. The standard InChI is InChI=1S/C11H14O5/c1-3-16-11(14)10(13)8-6-7(12)4-5-9(8)15-2/h4-6,10,12-13H,3H2,1-2H3. The molecule has 1 aromatic carbocycles. The molecule has 0 radical (unpaired) electrons. The molecule has 0 aromatic heterocycles. The number of aromatic hydroxyl groups is 1. The van der Waals surface area contributed by atoms with Crippen LogP contribution in [-0.2, 0) is 9.53 Å². The highest BCUT2D eigenvalue weighted by molar-refractivity contribution is 5.77. The molecule has 1 aromatic rings. The number of aliphatic hydroxyl groups excluding tert-OH is 1. The molecule has 0 fully saturated rings. The van der Waals surface area contributed by atoms with Crippen molar-refractivity contribution in [1.82, 2.24) is 0 Å². The van der Waals surface area contributed by atoms with Crippen LogP contribution in [0.2, 0.25) is 0 Å². The minimum atomic E-state index is -1.46. The fourth-order valence-corrected chi connectivity index (χ4v) is 1.28. The number of ether oxygens (including phenoxy) is 2. The molecule has 0 saturated heterocycles. The number of aliphatic hydroxyl groups is 1. The Morgan fingerprint density at radius 3 is 2.75 bits per heavy atom. The first-order valence-electron chi connectivity index (χ1n) is 4.81. The Balaban J connectivity index is 3.01. The van der Waals surface area contributed by atoms with Gasteiger partial charge in [0.1, 0.15) is 11.5 Å². The van der Waals surface area contributed by atoms with Crippen LogP contribution >= 0.6 is 0 Å². The van der Waals surface area contributed by atoms with Crippen molar-refractivity contribution >= 4 is 5.97 Å². The van der Waals surface area contributed by atoms with E-state index in [0.29, 0.717) is 5.75 Å². The average Bonchev–Trinajstić information content (AvgIpc) is 2.28. The highest BCUT2D eigenvalue weighted by Crippen LogP contribution is 2.29. The van der Waals surface area contributed by atoms with E-state index in [1.807, 2.05) is 0 Å². The van der Waals surface area contributed by atoms with Crippen LogP contribution in [0.5, 0.6) is 11.5 Å². The van der Waals surface area contributed by atoms with Crippen molar-refractivity contribution < 1.29 is 24.5 Å². The molecular formula is C11H14O5. The van der Waals surface area contributed by atoms with Gasteiger partial charge in [0.2, 0.25) is 0 Å². The molecule has 0 aliphatic rings. The van der Waals surface area contributed by atoms with E-state index in [9.17, 15) is 15.0 Å². The Labute approximate surface area is 93.2 Å². The predicted molar refractivity (Wildman–Crippen MR) is 56.3 cm³/mol. The monoisotopic (exact) mass is 226 g/mol. The van der Waals surface area contributed by atoms with Gasteiger partial charge in [-0.15, -0.1) is 0 Å². The first kappa shape index (κ1) is 12.3. The third-order valence-corrected chi connectivity index (χ3v) is 2.02. The molecule has 0 heterocycles. The van der Waals surface area contributed by atoms with Gasteiger partial charge in [0.05, 0.1) is 13.7 Å². The number of carbonyl (C=O) groups excluding carboxylic acids is 1. The van der Waals surface area contributed by atoms with E-state index < -0.39 is 12.1 Å². The Morgan fingerprint density at radius 1 is 1.50 bits per heavy atom. The molecular weight excluding hydrogens is 212 g/mol. The number of esters is 1. The quantitative estimate of drug-likeness (QED) is 0.749. The topological polar surface area (TPSA) is 76.0 Å². The number of hydrogen-bond donors (Lipinski definition) is 2. The summed E-state index contributed by atoms with van der Waals surface area (Å²) in [7, 11) is 1.41. The number of carbonyl (C=O) groups is 1. The maximum Gasteiger partial charge on any atom is 0.339 e. The molecule has 0 spiro atoms. The predicted octanol–water partition coefficient (Wildman–Crippen LogP) is 0.997. The molecule has 0 bridgehead atoms. The van der Waals surface area contributed by atoms with E-state index in [-0.39, 0.29) is 17.9 Å². The normalized spacial score (nSPS) is 11.9. The number of phenolic OH excluding ortho intramolecular Hbond substituents is 1. The van der Waals surface area contributed by atoms with Crippen molar-refractivity contribution in [2.75, 3.05) is 13.7 Å². The lowest BCUT2D eigenvalue weighted by Crippen LogP contribution is -2.16. The van der Waals surface area contributed by atoms with Gasteiger partial charge in [-0.05, 0) is 25.1 Å². The molecule has 5 heteroatoms. The molecule has 0 saturated carbocycles. The number of phenols is 1. The van der Waals surface area contributed by atoms with E-state index in [1.54, 1.807) is 6.92 Å². The third-order valence-electron chi connectivity index (χ3n) is 2.02. The van der Waals surface area contributed by atoms with Crippen LogP contribution in [0.3, 0.4) is 0 Å². The van der Waals surface area contributed by atoms with Crippen molar-refractivity contribution in [1.29, 1.82) is 0 Å². The minimum Gasteiger partial charge on any atom is -0.508 e. The minimum absolute atomic E-state index is 0.0563. The fraction of sp³-hybridized carbons (Fsp3) is 0.364. The zero-order valence-electron chi connectivity index (χ0n) is 9.14. The first-order valence-corrected chi connectivity index (χ1v) is 4.81. The second kappa shape index (κ2) is 5.37. The maximum atomic E-state index is 11.3. The zero-order valence-corrected chi connectivity index (χ0v) is 9.14. The van der Waals surface area contributed by atoms with E-state index in [4.69, 9.17) is 4.74 Å². The highest BCUT2D eigenvalue weighted by atomic mass is 16.5. The summed E-state index contributed by atoms with van der Waals surface area (Å²) in [6.45, 7) is 1.82. The summed E-state index contributed by atoms with van der Waals surface area (Å²) >= 11 is 0. The highest BCUT2D eigenvalue weighted by Gasteiger charge is 2.22. The molecule has 0 aliphatic heterocycles.